The van der Waals surface area contributed by atoms with Gasteiger partial charge in [0.15, 0.2) is 0 Å². The van der Waals surface area contributed by atoms with Gasteiger partial charge in [0, 0.05) is 41.7 Å². The average molecular weight is 430 g/mol. The highest BCUT2D eigenvalue weighted by Crippen LogP contribution is 2.27. The molecule has 9 nitrogen and oxygen atoms in total. The molecule has 0 fully saturated rings. The number of nitrogens with zero attached hydrogens (tertiary/aromatic N) is 6. The highest BCUT2D eigenvalue weighted by Gasteiger charge is 2.15. The van der Waals surface area contributed by atoms with E-state index in [0.29, 0.717) is 10.8 Å². The Labute approximate surface area is 181 Å². The SMILES string of the molecule is CC(C(=O)Nc1cccc(Nc2nn3cc(-c4cccnc4)nc3s2)c1)n1cccn1. The first kappa shape index (κ1) is 18.9. The lowest BCUT2D eigenvalue weighted by atomic mass is 10.2. The lowest BCUT2D eigenvalue weighted by molar-refractivity contribution is -0.119. The van der Waals surface area contributed by atoms with Crippen LogP contribution in [0.4, 0.5) is 16.5 Å². The molecule has 2 N–H and O–H groups in total. The minimum atomic E-state index is -0.410. The van der Waals surface area contributed by atoms with E-state index in [2.05, 4.69) is 30.8 Å². The first-order chi connectivity index (χ1) is 15.2. The van der Waals surface area contributed by atoms with Crippen molar-refractivity contribution in [2.45, 2.75) is 13.0 Å². The number of nitrogens with one attached hydrogen (secondary N) is 2. The summed E-state index contributed by atoms with van der Waals surface area (Å²) in [6, 6.07) is 12.7. The van der Waals surface area contributed by atoms with Gasteiger partial charge in [-0.15, -0.1) is 5.10 Å². The molecule has 5 rings (SSSR count). The van der Waals surface area contributed by atoms with Crippen molar-refractivity contribution in [3.8, 4) is 11.3 Å². The summed E-state index contributed by atoms with van der Waals surface area (Å²) in [4.78, 5) is 22.0. The number of pyridine rings is 1. The molecule has 4 heterocycles. The smallest absolute Gasteiger partial charge is 0.248 e. The van der Waals surface area contributed by atoms with Crippen LogP contribution in [0.2, 0.25) is 0 Å². The number of carbonyl (C=O) groups excluding carboxylic acids is 1. The van der Waals surface area contributed by atoms with Crippen LogP contribution in [0.5, 0.6) is 0 Å². The second-order valence-electron chi connectivity index (χ2n) is 6.86. The first-order valence-electron chi connectivity index (χ1n) is 9.59. The highest BCUT2D eigenvalue weighted by atomic mass is 32.1. The third-order valence-corrected chi connectivity index (χ3v) is 5.52. The van der Waals surface area contributed by atoms with Crippen LogP contribution >= 0.6 is 11.3 Å². The zero-order valence-electron chi connectivity index (χ0n) is 16.5. The van der Waals surface area contributed by atoms with Gasteiger partial charge in [0.25, 0.3) is 0 Å². The second kappa shape index (κ2) is 8.00. The van der Waals surface area contributed by atoms with Crippen LogP contribution in [-0.4, -0.2) is 35.3 Å². The monoisotopic (exact) mass is 430 g/mol. The van der Waals surface area contributed by atoms with E-state index in [1.54, 1.807) is 47.0 Å². The summed E-state index contributed by atoms with van der Waals surface area (Å²) in [5, 5.41) is 15.6. The maximum absolute atomic E-state index is 12.5. The molecule has 0 aliphatic carbocycles. The summed E-state index contributed by atoms with van der Waals surface area (Å²) in [6.07, 6.45) is 8.80. The van der Waals surface area contributed by atoms with Gasteiger partial charge in [-0.1, -0.05) is 17.4 Å². The molecule has 4 aromatic heterocycles. The molecular weight excluding hydrogens is 412 g/mol. The molecule has 0 saturated carbocycles. The summed E-state index contributed by atoms with van der Waals surface area (Å²) in [5.41, 5.74) is 3.28. The number of imidazole rings is 1. The summed E-state index contributed by atoms with van der Waals surface area (Å²) in [5.74, 6) is -0.142. The van der Waals surface area contributed by atoms with Crippen LogP contribution in [0.3, 0.4) is 0 Å². The molecule has 0 spiro atoms. The molecule has 10 heteroatoms. The van der Waals surface area contributed by atoms with E-state index < -0.39 is 6.04 Å². The third kappa shape index (κ3) is 4.01. The predicted octanol–water partition coefficient (Wildman–Crippen LogP) is 3.99. The molecule has 1 aromatic carbocycles. The number of anilines is 3. The van der Waals surface area contributed by atoms with Gasteiger partial charge in [-0.2, -0.15) is 5.10 Å². The lowest BCUT2D eigenvalue weighted by Crippen LogP contribution is -2.23. The molecule has 154 valence electrons. The second-order valence-corrected chi connectivity index (χ2v) is 7.82. The Hall–Kier alpha value is -4.05. The molecule has 0 aliphatic heterocycles. The van der Waals surface area contributed by atoms with Gasteiger partial charge in [0.05, 0.1) is 11.9 Å². The van der Waals surface area contributed by atoms with Gasteiger partial charge in [-0.05, 0) is 43.3 Å². The Morgan fingerprint density at radius 1 is 1.13 bits per heavy atom. The molecule has 5 aromatic rings. The van der Waals surface area contributed by atoms with Crippen LogP contribution < -0.4 is 10.6 Å². The van der Waals surface area contributed by atoms with E-state index in [4.69, 9.17) is 0 Å². The van der Waals surface area contributed by atoms with Gasteiger partial charge in [-0.25, -0.2) is 9.50 Å². The first-order valence-corrected chi connectivity index (χ1v) is 10.4. The van der Waals surface area contributed by atoms with Crippen LogP contribution in [0.1, 0.15) is 13.0 Å². The van der Waals surface area contributed by atoms with Crippen LogP contribution in [-0.2, 0) is 4.79 Å². The molecule has 1 amide bonds. The number of hydrogen-bond donors (Lipinski definition) is 2. The fourth-order valence-corrected chi connectivity index (χ4v) is 3.88. The van der Waals surface area contributed by atoms with Crippen molar-refractivity contribution in [1.29, 1.82) is 0 Å². The lowest BCUT2D eigenvalue weighted by Gasteiger charge is -2.13. The molecule has 0 radical (unpaired) electrons. The molecule has 0 saturated heterocycles. The summed E-state index contributed by atoms with van der Waals surface area (Å²) >= 11 is 1.44. The number of rotatable bonds is 6. The molecule has 1 atom stereocenters. The number of hydrogen-bond acceptors (Lipinski definition) is 7. The van der Waals surface area contributed by atoms with Gasteiger partial charge in [0.2, 0.25) is 16.0 Å². The maximum Gasteiger partial charge on any atom is 0.248 e. The number of benzene rings is 1. The zero-order valence-corrected chi connectivity index (χ0v) is 17.3. The number of amides is 1. The van der Waals surface area contributed by atoms with E-state index in [1.165, 1.54) is 11.3 Å². The highest BCUT2D eigenvalue weighted by molar-refractivity contribution is 7.20. The third-order valence-electron chi connectivity index (χ3n) is 4.68. The normalized spacial score (nSPS) is 12.0. The van der Waals surface area contributed by atoms with E-state index >= 15 is 0 Å². The fourth-order valence-electron chi connectivity index (χ4n) is 3.08. The van der Waals surface area contributed by atoms with Crippen molar-refractivity contribution in [3.05, 3.63) is 73.4 Å². The van der Waals surface area contributed by atoms with Gasteiger partial charge >= 0.3 is 0 Å². The summed E-state index contributed by atoms with van der Waals surface area (Å²) in [6.45, 7) is 1.80. The van der Waals surface area contributed by atoms with Gasteiger partial charge < -0.3 is 10.6 Å². The van der Waals surface area contributed by atoms with Crippen molar-refractivity contribution >= 4 is 38.7 Å². The van der Waals surface area contributed by atoms with Gasteiger partial charge in [0.1, 0.15) is 6.04 Å². The largest absolute Gasteiger partial charge is 0.330 e. The Morgan fingerprint density at radius 2 is 2.03 bits per heavy atom. The molecular formula is C21H18N8OS. The molecule has 1 unspecified atom stereocenters. The standard InChI is InChI=1S/C21H18N8OS/c1-14(28-10-4-9-23-28)19(30)24-16-6-2-7-17(11-16)25-20-27-29-13-18(26-21(29)31-20)15-5-3-8-22-12-15/h2-14H,1H3,(H,24,30)(H,25,27). The van der Waals surface area contributed by atoms with Gasteiger partial charge in [-0.3, -0.25) is 14.5 Å². The van der Waals surface area contributed by atoms with Crippen LogP contribution in [0.25, 0.3) is 16.2 Å². The number of carbonyl (C=O) groups is 1. The Balaban J connectivity index is 1.29. The van der Waals surface area contributed by atoms with Crippen molar-refractivity contribution in [1.82, 2.24) is 29.4 Å². The number of fused-ring (bicyclic) bond motifs is 1. The van der Waals surface area contributed by atoms with E-state index in [-0.39, 0.29) is 5.91 Å². The van der Waals surface area contributed by atoms with Crippen LogP contribution in [0.15, 0.2) is 73.4 Å². The Kier molecular flexibility index (Phi) is 4.89. The summed E-state index contributed by atoms with van der Waals surface area (Å²) in [7, 11) is 0. The fraction of sp³-hybridized carbons (Fsp3) is 0.0952. The molecule has 0 bridgehead atoms. The average Bonchev–Trinajstić information content (AvgIpc) is 3.51. The zero-order chi connectivity index (χ0) is 21.2. The minimum Gasteiger partial charge on any atom is -0.330 e. The predicted molar refractivity (Wildman–Crippen MR) is 119 cm³/mol. The summed E-state index contributed by atoms with van der Waals surface area (Å²) < 4.78 is 3.36. The number of aromatic nitrogens is 6. The van der Waals surface area contributed by atoms with Crippen molar-refractivity contribution in [3.63, 3.8) is 0 Å². The maximum atomic E-state index is 12.5. The van der Waals surface area contributed by atoms with Crippen molar-refractivity contribution in [2.24, 2.45) is 0 Å². The van der Waals surface area contributed by atoms with E-state index in [9.17, 15) is 4.79 Å². The van der Waals surface area contributed by atoms with E-state index in [0.717, 1.165) is 21.9 Å². The van der Waals surface area contributed by atoms with E-state index in [1.807, 2.05) is 42.6 Å². The van der Waals surface area contributed by atoms with Crippen LogP contribution in [0, 0.1) is 0 Å². The Morgan fingerprint density at radius 3 is 2.81 bits per heavy atom. The van der Waals surface area contributed by atoms with Crippen molar-refractivity contribution < 1.29 is 4.79 Å². The molecule has 0 aliphatic rings. The molecule has 31 heavy (non-hydrogen) atoms. The van der Waals surface area contributed by atoms with Crippen molar-refractivity contribution in [2.75, 3.05) is 10.6 Å². The minimum absolute atomic E-state index is 0.142. The Bertz CT molecular complexity index is 1290. The quantitative estimate of drug-likeness (QED) is 0.422. The topological polar surface area (TPSA) is 102 Å².